The molecule has 2 rings (SSSR count). The van der Waals surface area contributed by atoms with Crippen LogP contribution in [-0.2, 0) is 25.9 Å². The van der Waals surface area contributed by atoms with Crippen LogP contribution in [0.1, 0.15) is 36.4 Å². The van der Waals surface area contributed by atoms with Crippen molar-refractivity contribution in [3.63, 3.8) is 0 Å². The van der Waals surface area contributed by atoms with E-state index in [4.69, 9.17) is 0 Å². The highest BCUT2D eigenvalue weighted by Gasteiger charge is 2.16. The molecule has 114 valence electrons. The topological polar surface area (TPSA) is 29.9 Å². The lowest BCUT2D eigenvalue weighted by Crippen LogP contribution is -2.11. The molecule has 1 aromatic carbocycles. The van der Waals surface area contributed by atoms with E-state index in [0.717, 1.165) is 29.6 Å². The van der Waals surface area contributed by atoms with E-state index in [2.05, 4.69) is 40.2 Å². The van der Waals surface area contributed by atoms with Crippen LogP contribution in [0.4, 0.5) is 4.39 Å². The molecule has 0 bridgehead atoms. The first kappa shape index (κ1) is 16.2. The number of nitrogens with zero attached hydrogens (tertiary/aromatic N) is 2. The summed E-state index contributed by atoms with van der Waals surface area (Å²) in [4.78, 5) is 0. The monoisotopic (exact) mass is 353 g/mol. The molecular weight excluding hydrogens is 333 g/mol. The normalized spacial score (nSPS) is 11.1. The van der Waals surface area contributed by atoms with Gasteiger partial charge in [-0.05, 0) is 38.1 Å². The molecule has 2 aromatic rings. The molecule has 0 fully saturated rings. The Bertz CT molecular complexity index is 622. The lowest BCUT2D eigenvalue weighted by atomic mass is 10.1. The van der Waals surface area contributed by atoms with Crippen LogP contribution in [0.15, 0.2) is 22.7 Å². The largest absolute Gasteiger partial charge is 0.316 e. The fourth-order valence-corrected chi connectivity index (χ4v) is 3.01. The van der Waals surface area contributed by atoms with Gasteiger partial charge < -0.3 is 5.32 Å². The summed E-state index contributed by atoms with van der Waals surface area (Å²) in [6, 6.07) is 5.02. The van der Waals surface area contributed by atoms with Gasteiger partial charge in [-0.15, -0.1) is 0 Å². The van der Waals surface area contributed by atoms with Crippen molar-refractivity contribution in [3.05, 3.63) is 51.0 Å². The first-order valence-electron chi connectivity index (χ1n) is 7.26. The van der Waals surface area contributed by atoms with E-state index in [1.165, 1.54) is 17.3 Å². The molecule has 0 aliphatic heterocycles. The van der Waals surface area contributed by atoms with Crippen molar-refractivity contribution in [2.75, 3.05) is 7.05 Å². The minimum Gasteiger partial charge on any atom is -0.316 e. The molecule has 0 saturated carbocycles. The van der Waals surface area contributed by atoms with Gasteiger partial charge in [0.25, 0.3) is 0 Å². The average molecular weight is 354 g/mol. The average Bonchev–Trinajstić information content (AvgIpc) is 2.80. The lowest BCUT2D eigenvalue weighted by Gasteiger charge is -2.09. The number of hydrogen-bond donors (Lipinski definition) is 1. The maximum absolute atomic E-state index is 14.0. The summed E-state index contributed by atoms with van der Waals surface area (Å²) in [7, 11) is 1.93. The molecule has 0 aliphatic carbocycles. The Labute approximate surface area is 133 Å². The highest BCUT2D eigenvalue weighted by molar-refractivity contribution is 9.10. The van der Waals surface area contributed by atoms with E-state index in [1.807, 2.05) is 17.8 Å². The van der Waals surface area contributed by atoms with E-state index in [0.29, 0.717) is 12.1 Å². The van der Waals surface area contributed by atoms with Gasteiger partial charge in [0.2, 0.25) is 0 Å². The smallest absolute Gasteiger partial charge is 0.128 e. The molecule has 0 aliphatic rings. The van der Waals surface area contributed by atoms with Gasteiger partial charge in [-0.25, -0.2) is 4.39 Å². The minimum atomic E-state index is -0.191. The molecule has 1 N–H and O–H groups in total. The predicted molar refractivity (Wildman–Crippen MR) is 86.9 cm³/mol. The van der Waals surface area contributed by atoms with Crippen LogP contribution in [-0.4, -0.2) is 16.8 Å². The summed E-state index contributed by atoms with van der Waals surface area (Å²) in [6.45, 7) is 5.48. The minimum absolute atomic E-state index is 0.191. The van der Waals surface area contributed by atoms with Crippen LogP contribution < -0.4 is 5.32 Å². The number of aromatic nitrogens is 2. The van der Waals surface area contributed by atoms with Gasteiger partial charge in [0.15, 0.2) is 0 Å². The summed E-state index contributed by atoms with van der Waals surface area (Å²) < 4.78 is 16.8. The predicted octanol–water partition coefficient (Wildman–Crippen LogP) is 3.68. The third-order valence-corrected chi connectivity index (χ3v) is 4.09. The van der Waals surface area contributed by atoms with Crippen molar-refractivity contribution in [3.8, 4) is 0 Å². The number of benzene rings is 1. The summed E-state index contributed by atoms with van der Waals surface area (Å²) >= 11 is 3.40. The molecule has 0 saturated heterocycles. The quantitative estimate of drug-likeness (QED) is 0.858. The van der Waals surface area contributed by atoms with Crippen molar-refractivity contribution in [1.29, 1.82) is 0 Å². The second-order valence-electron chi connectivity index (χ2n) is 5.00. The first-order chi connectivity index (χ1) is 10.1. The van der Waals surface area contributed by atoms with Crippen LogP contribution in [0.2, 0.25) is 0 Å². The zero-order valence-corrected chi connectivity index (χ0v) is 14.3. The summed E-state index contributed by atoms with van der Waals surface area (Å²) in [5, 5.41) is 7.88. The van der Waals surface area contributed by atoms with E-state index in [1.54, 1.807) is 6.07 Å². The van der Waals surface area contributed by atoms with Crippen molar-refractivity contribution < 1.29 is 4.39 Å². The Morgan fingerprint density at radius 1 is 1.29 bits per heavy atom. The van der Waals surface area contributed by atoms with Crippen molar-refractivity contribution >= 4 is 15.9 Å². The van der Waals surface area contributed by atoms with Crippen LogP contribution in [0.25, 0.3) is 0 Å². The number of halogens is 2. The first-order valence-corrected chi connectivity index (χ1v) is 8.05. The number of nitrogens with one attached hydrogen (secondary N) is 1. The number of rotatable bonds is 6. The number of hydrogen-bond acceptors (Lipinski definition) is 2. The molecule has 21 heavy (non-hydrogen) atoms. The van der Waals surface area contributed by atoms with Gasteiger partial charge in [0.05, 0.1) is 12.2 Å². The van der Waals surface area contributed by atoms with Gasteiger partial charge in [-0.1, -0.05) is 29.8 Å². The number of aryl methyl sites for hydroxylation is 1. The van der Waals surface area contributed by atoms with Crippen molar-refractivity contribution in [2.45, 2.75) is 39.8 Å². The maximum atomic E-state index is 14.0. The Kier molecular flexibility index (Phi) is 5.53. The third-order valence-electron chi connectivity index (χ3n) is 3.60. The van der Waals surface area contributed by atoms with E-state index in [9.17, 15) is 4.39 Å². The molecular formula is C16H21BrFN3. The highest BCUT2D eigenvalue weighted by atomic mass is 79.9. The highest BCUT2D eigenvalue weighted by Crippen LogP contribution is 2.20. The molecule has 1 heterocycles. The van der Waals surface area contributed by atoms with Crippen LogP contribution in [0, 0.1) is 5.82 Å². The molecule has 0 unspecified atom stereocenters. The standard InChI is InChI=1S/C16H21BrFN3/c1-4-15-13(9-19-3)16(5-2)21(20-15)10-11-8-12(17)6-7-14(11)18/h6-8,19H,4-5,9-10H2,1-3H3. The molecule has 5 heteroatoms. The second-order valence-corrected chi connectivity index (χ2v) is 5.92. The zero-order valence-electron chi connectivity index (χ0n) is 12.7. The molecule has 1 aromatic heterocycles. The van der Waals surface area contributed by atoms with Crippen LogP contribution in [0.3, 0.4) is 0 Å². The van der Waals surface area contributed by atoms with Gasteiger partial charge in [-0.2, -0.15) is 5.10 Å². The van der Waals surface area contributed by atoms with E-state index >= 15 is 0 Å². The Morgan fingerprint density at radius 2 is 2.05 bits per heavy atom. The lowest BCUT2D eigenvalue weighted by molar-refractivity contribution is 0.572. The molecule has 0 atom stereocenters. The fraction of sp³-hybridized carbons (Fsp3) is 0.438. The Hall–Kier alpha value is -1.20. The van der Waals surface area contributed by atoms with E-state index in [-0.39, 0.29) is 5.82 Å². The van der Waals surface area contributed by atoms with Crippen molar-refractivity contribution in [1.82, 2.24) is 15.1 Å². The van der Waals surface area contributed by atoms with Gasteiger partial charge in [0, 0.05) is 27.8 Å². The fourth-order valence-electron chi connectivity index (χ4n) is 2.61. The third kappa shape index (κ3) is 3.52. The maximum Gasteiger partial charge on any atom is 0.128 e. The zero-order chi connectivity index (χ0) is 15.4. The van der Waals surface area contributed by atoms with Gasteiger partial charge >= 0.3 is 0 Å². The van der Waals surface area contributed by atoms with Crippen molar-refractivity contribution in [2.24, 2.45) is 0 Å². The molecule has 3 nitrogen and oxygen atoms in total. The Morgan fingerprint density at radius 3 is 2.67 bits per heavy atom. The molecule has 0 spiro atoms. The summed E-state index contributed by atoms with van der Waals surface area (Å²) in [5.41, 5.74) is 4.18. The van der Waals surface area contributed by atoms with Gasteiger partial charge in [0.1, 0.15) is 5.82 Å². The van der Waals surface area contributed by atoms with E-state index < -0.39 is 0 Å². The van der Waals surface area contributed by atoms with Gasteiger partial charge in [-0.3, -0.25) is 4.68 Å². The summed E-state index contributed by atoms with van der Waals surface area (Å²) in [5.74, 6) is -0.191. The Balaban J connectivity index is 2.41. The van der Waals surface area contributed by atoms with Crippen LogP contribution >= 0.6 is 15.9 Å². The second kappa shape index (κ2) is 7.18. The molecule has 0 radical (unpaired) electrons. The van der Waals surface area contributed by atoms with Crippen LogP contribution in [0.5, 0.6) is 0 Å². The molecule has 0 amide bonds. The summed E-state index contributed by atoms with van der Waals surface area (Å²) in [6.07, 6.45) is 1.78. The SMILES string of the molecule is CCc1nn(Cc2cc(Br)ccc2F)c(CC)c1CNC.